The minimum Gasteiger partial charge on any atom is -0.421 e. The van der Waals surface area contributed by atoms with Crippen LogP contribution in [0.15, 0.2) is 53.2 Å². The topological polar surface area (TPSA) is 80.9 Å². The largest absolute Gasteiger partial charge is 0.421 e. The molecule has 6 nitrogen and oxygen atoms in total. The summed E-state index contributed by atoms with van der Waals surface area (Å²) in [6.45, 7) is 2.00. The smallest absolute Gasteiger partial charge is 0.247 e. The van der Waals surface area contributed by atoms with Crippen molar-refractivity contribution in [2.24, 2.45) is 0 Å². The summed E-state index contributed by atoms with van der Waals surface area (Å²) in [4.78, 5) is 15.9. The van der Waals surface area contributed by atoms with Crippen LogP contribution in [-0.4, -0.2) is 21.1 Å². The van der Waals surface area contributed by atoms with Gasteiger partial charge < -0.3 is 9.73 Å². The molecule has 23 heavy (non-hydrogen) atoms. The van der Waals surface area contributed by atoms with Crippen molar-refractivity contribution < 1.29 is 9.21 Å². The molecule has 6 heteroatoms. The van der Waals surface area contributed by atoms with Gasteiger partial charge in [0.1, 0.15) is 0 Å². The molecule has 0 saturated heterocycles. The predicted octanol–water partition coefficient (Wildman–Crippen LogP) is 3.01. The van der Waals surface area contributed by atoms with Crippen molar-refractivity contribution in [2.45, 2.75) is 19.8 Å². The van der Waals surface area contributed by atoms with Crippen LogP contribution in [0.1, 0.15) is 17.9 Å². The fraction of sp³-hybridized carbons (Fsp3) is 0.176. The van der Waals surface area contributed by atoms with Gasteiger partial charge in [-0.15, -0.1) is 10.2 Å². The van der Waals surface area contributed by atoms with Gasteiger partial charge in [0.05, 0.1) is 0 Å². The number of anilines is 1. The lowest BCUT2D eigenvalue weighted by atomic mass is 10.2. The number of carbonyl (C=O) groups is 1. The quantitative estimate of drug-likeness (QED) is 0.783. The Bertz CT molecular complexity index is 782. The SMILES string of the molecule is Cc1ccc(NC(=O)CCc2nnc(-c3ccncc3)o2)cc1. The Hall–Kier alpha value is -3.02. The molecule has 116 valence electrons. The number of hydrogen-bond donors (Lipinski definition) is 1. The Balaban J connectivity index is 1.55. The first-order valence-electron chi connectivity index (χ1n) is 7.30. The molecule has 0 atom stereocenters. The number of aromatic nitrogens is 3. The van der Waals surface area contributed by atoms with E-state index in [1.54, 1.807) is 24.5 Å². The maximum Gasteiger partial charge on any atom is 0.247 e. The third-order valence-corrected chi connectivity index (χ3v) is 3.30. The number of amides is 1. The van der Waals surface area contributed by atoms with E-state index in [1.807, 2.05) is 31.2 Å². The maximum absolute atomic E-state index is 11.9. The van der Waals surface area contributed by atoms with Gasteiger partial charge in [-0.2, -0.15) is 0 Å². The number of carbonyl (C=O) groups excluding carboxylic acids is 1. The van der Waals surface area contributed by atoms with E-state index in [1.165, 1.54) is 0 Å². The number of nitrogens with one attached hydrogen (secondary N) is 1. The number of rotatable bonds is 5. The van der Waals surface area contributed by atoms with E-state index < -0.39 is 0 Å². The number of hydrogen-bond acceptors (Lipinski definition) is 5. The molecule has 0 aliphatic heterocycles. The molecule has 0 spiro atoms. The van der Waals surface area contributed by atoms with Crippen molar-refractivity contribution in [1.29, 1.82) is 0 Å². The zero-order valence-electron chi connectivity index (χ0n) is 12.7. The fourth-order valence-electron chi connectivity index (χ4n) is 2.05. The molecule has 2 aromatic heterocycles. The molecule has 0 bridgehead atoms. The van der Waals surface area contributed by atoms with Gasteiger partial charge in [0.25, 0.3) is 0 Å². The highest BCUT2D eigenvalue weighted by Gasteiger charge is 2.10. The van der Waals surface area contributed by atoms with Gasteiger partial charge in [0.2, 0.25) is 17.7 Å². The summed E-state index contributed by atoms with van der Waals surface area (Å²) in [7, 11) is 0. The molecular weight excluding hydrogens is 292 g/mol. The predicted molar refractivity (Wildman–Crippen MR) is 85.7 cm³/mol. The second kappa shape index (κ2) is 6.83. The Kier molecular flexibility index (Phi) is 4.42. The van der Waals surface area contributed by atoms with E-state index in [9.17, 15) is 4.79 Å². The lowest BCUT2D eigenvalue weighted by Gasteiger charge is -2.04. The second-order valence-corrected chi connectivity index (χ2v) is 5.15. The van der Waals surface area contributed by atoms with Gasteiger partial charge >= 0.3 is 0 Å². The third kappa shape index (κ3) is 4.00. The average Bonchev–Trinajstić information content (AvgIpc) is 3.05. The van der Waals surface area contributed by atoms with Gasteiger partial charge in [-0.05, 0) is 31.2 Å². The van der Waals surface area contributed by atoms with Gasteiger partial charge in [-0.1, -0.05) is 17.7 Å². The third-order valence-electron chi connectivity index (χ3n) is 3.30. The molecule has 0 unspecified atom stereocenters. The highest BCUT2D eigenvalue weighted by molar-refractivity contribution is 5.90. The fourth-order valence-corrected chi connectivity index (χ4v) is 2.05. The minimum absolute atomic E-state index is 0.0856. The van der Waals surface area contributed by atoms with Gasteiger partial charge in [-0.25, -0.2) is 0 Å². The maximum atomic E-state index is 11.9. The number of pyridine rings is 1. The molecule has 1 N–H and O–H groups in total. The van der Waals surface area contributed by atoms with E-state index in [2.05, 4.69) is 20.5 Å². The van der Waals surface area contributed by atoms with Crippen LogP contribution >= 0.6 is 0 Å². The van der Waals surface area contributed by atoms with Crippen molar-refractivity contribution in [3.63, 3.8) is 0 Å². The molecule has 0 aliphatic rings. The van der Waals surface area contributed by atoms with Gasteiger partial charge in [0.15, 0.2) is 0 Å². The monoisotopic (exact) mass is 308 g/mol. The summed E-state index contributed by atoms with van der Waals surface area (Å²) in [5, 5.41) is 10.8. The van der Waals surface area contributed by atoms with Crippen molar-refractivity contribution in [3.8, 4) is 11.5 Å². The molecule has 0 aliphatic carbocycles. The molecule has 1 amide bonds. The summed E-state index contributed by atoms with van der Waals surface area (Å²) in [6, 6.07) is 11.2. The Labute approximate surface area is 133 Å². The number of aryl methyl sites for hydroxylation is 2. The van der Waals surface area contributed by atoms with Gasteiger partial charge in [0, 0.05) is 36.5 Å². The van der Waals surface area contributed by atoms with Gasteiger partial charge in [-0.3, -0.25) is 9.78 Å². The second-order valence-electron chi connectivity index (χ2n) is 5.15. The summed E-state index contributed by atoms with van der Waals surface area (Å²) < 4.78 is 5.56. The number of benzene rings is 1. The van der Waals surface area contributed by atoms with E-state index in [-0.39, 0.29) is 12.3 Å². The highest BCUT2D eigenvalue weighted by atomic mass is 16.4. The first kappa shape index (κ1) is 14.9. The zero-order valence-corrected chi connectivity index (χ0v) is 12.7. The normalized spacial score (nSPS) is 10.5. The van der Waals surface area contributed by atoms with Crippen molar-refractivity contribution in [3.05, 3.63) is 60.2 Å². The standard InChI is InChI=1S/C17H16N4O2/c1-12-2-4-14(5-3-12)19-15(22)6-7-16-20-21-17(23-16)13-8-10-18-11-9-13/h2-5,8-11H,6-7H2,1H3,(H,19,22). The van der Waals surface area contributed by atoms with E-state index >= 15 is 0 Å². The van der Waals surface area contributed by atoms with E-state index in [0.717, 1.165) is 16.8 Å². The summed E-state index contributed by atoms with van der Waals surface area (Å²) in [5.41, 5.74) is 2.74. The number of nitrogens with zero attached hydrogens (tertiary/aromatic N) is 3. The van der Waals surface area contributed by atoms with Crippen LogP contribution in [0.2, 0.25) is 0 Å². The zero-order chi connectivity index (χ0) is 16.1. The summed E-state index contributed by atoms with van der Waals surface area (Å²) >= 11 is 0. The first-order valence-corrected chi connectivity index (χ1v) is 7.30. The lowest BCUT2D eigenvalue weighted by molar-refractivity contribution is -0.116. The summed E-state index contributed by atoms with van der Waals surface area (Å²) in [5.74, 6) is 0.787. The van der Waals surface area contributed by atoms with Crippen LogP contribution in [0.5, 0.6) is 0 Å². The van der Waals surface area contributed by atoms with E-state index in [0.29, 0.717) is 18.2 Å². The summed E-state index contributed by atoms with van der Waals surface area (Å²) in [6.07, 6.45) is 4.00. The Morgan fingerprint density at radius 3 is 2.57 bits per heavy atom. The molecule has 3 aromatic rings. The first-order chi connectivity index (χ1) is 11.2. The lowest BCUT2D eigenvalue weighted by Crippen LogP contribution is -2.12. The molecule has 0 fully saturated rings. The van der Waals surface area contributed by atoms with Crippen LogP contribution in [0, 0.1) is 6.92 Å². The molecule has 2 heterocycles. The van der Waals surface area contributed by atoms with Crippen LogP contribution in [0.4, 0.5) is 5.69 Å². The van der Waals surface area contributed by atoms with Crippen molar-refractivity contribution in [2.75, 3.05) is 5.32 Å². The average molecular weight is 308 g/mol. The molecule has 3 rings (SSSR count). The van der Waals surface area contributed by atoms with E-state index in [4.69, 9.17) is 4.42 Å². The van der Waals surface area contributed by atoms with Crippen molar-refractivity contribution in [1.82, 2.24) is 15.2 Å². The Morgan fingerprint density at radius 2 is 1.83 bits per heavy atom. The molecule has 0 radical (unpaired) electrons. The van der Waals surface area contributed by atoms with Crippen LogP contribution < -0.4 is 5.32 Å². The molecule has 1 aromatic carbocycles. The van der Waals surface area contributed by atoms with Crippen LogP contribution in [0.25, 0.3) is 11.5 Å². The highest BCUT2D eigenvalue weighted by Crippen LogP contribution is 2.17. The minimum atomic E-state index is -0.0856. The van der Waals surface area contributed by atoms with Crippen LogP contribution in [0.3, 0.4) is 0 Å². The molecular formula is C17H16N4O2. The Morgan fingerprint density at radius 1 is 1.09 bits per heavy atom. The van der Waals surface area contributed by atoms with Crippen LogP contribution in [-0.2, 0) is 11.2 Å². The molecule has 0 saturated carbocycles. The van der Waals surface area contributed by atoms with Crippen molar-refractivity contribution >= 4 is 11.6 Å².